The van der Waals surface area contributed by atoms with Crippen LogP contribution in [0.4, 0.5) is 8.78 Å². The summed E-state index contributed by atoms with van der Waals surface area (Å²) < 4.78 is 29.1. The lowest BCUT2D eigenvalue weighted by atomic mass is 10.2. The molecular formula is C15H17F2N5O2S. The Morgan fingerprint density at radius 3 is 2.96 bits per heavy atom. The Bertz CT molecular complexity index is 762. The van der Waals surface area contributed by atoms with Gasteiger partial charge in [-0.3, -0.25) is 9.59 Å². The zero-order valence-corrected chi connectivity index (χ0v) is 14.3. The molecule has 3 heterocycles. The fourth-order valence-corrected chi connectivity index (χ4v) is 3.55. The van der Waals surface area contributed by atoms with Gasteiger partial charge in [-0.15, -0.1) is 16.4 Å². The Morgan fingerprint density at radius 1 is 1.48 bits per heavy atom. The fourth-order valence-electron chi connectivity index (χ4n) is 2.85. The normalized spacial score (nSPS) is 19.2. The van der Waals surface area contributed by atoms with E-state index < -0.39 is 30.8 Å². The van der Waals surface area contributed by atoms with Crippen LogP contribution in [0.1, 0.15) is 21.8 Å². The first-order chi connectivity index (χ1) is 11.9. The number of rotatable bonds is 5. The Balaban J connectivity index is 1.72. The van der Waals surface area contributed by atoms with Crippen LogP contribution in [-0.4, -0.2) is 57.3 Å². The van der Waals surface area contributed by atoms with E-state index in [0.29, 0.717) is 0 Å². The van der Waals surface area contributed by atoms with Gasteiger partial charge in [-0.1, -0.05) is 11.3 Å². The molecule has 0 aromatic carbocycles. The lowest BCUT2D eigenvalue weighted by Crippen LogP contribution is -2.39. The summed E-state index contributed by atoms with van der Waals surface area (Å²) in [5.41, 5.74) is 0.101. The van der Waals surface area contributed by atoms with E-state index in [2.05, 4.69) is 15.6 Å². The number of halogens is 2. The summed E-state index contributed by atoms with van der Waals surface area (Å²) in [6, 6.07) is 2.93. The molecule has 1 fully saturated rings. The van der Waals surface area contributed by atoms with Gasteiger partial charge in [0, 0.05) is 18.3 Å². The number of aromatic nitrogens is 3. The Labute approximate surface area is 146 Å². The van der Waals surface area contributed by atoms with Gasteiger partial charge in [-0.25, -0.2) is 13.5 Å². The average Bonchev–Trinajstić information content (AvgIpc) is 3.27. The molecule has 1 aliphatic rings. The van der Waals surface area contributed by atoms with Crippen molar-refractivity contribution in [3.8, 4) is 0 Å². The second-order valence-electron chi connectivity index (χ2n) is 5.90. The third-order valence-corrected chi connectivity index (χ3v) is 4.88. The molecule has 0 radical (unpaired) electrons. The van der Waals surface area contributed by atoms with Gasteiger partial charge in [0.05, 0.1) is 31.7 Å². The summed E-state index contributed by atoms with van der Waals surface area (Å²) in [4.78, 5) is 26.0. The first-order valence-electron chi connectivity index (χ1n) is 7.70. The lowest BCUT2D eigenvalue weighted by molar-refractivity contribution is -0.132. The smallest absolute Gasteiger partial charge is 0.273 e. The van der Waals surface area contributed by atoms with Crippen molar-refractivity contribution < 1.29 is 18.4 Å². The van der Waals surface area contributed by atoms with Gasteiger partial charge < -0.3 is 10.2 Å². The van der Waals surface area contributed by atoms with Gasteiger partial charge in [0.15, 0.2) is 5.69 Å². The number of thiophene rings is 1. The van der Waals surface area contributed by atoms with Gasteiger partial charge in [0.2, 0.25) is 5.91 Å². The third-order valence-electron chi connectivity index (χ3n) is 4.00. The maximum absolute atomic E-state index is 13.9. The minimum Gasteiger partial charge on any atom is -0.354 e. The highest BCUT2D eigenvalue weighted by Gasteiger charge is 2.47. The molecule has 2 aromatic rings. The predicted molar refractivity (Wildman–Crippen MR) is 86.5 cm³/mol. The molecule has 0 unspecified atom stereocenters. The van der Waals surface area contributed by atoms with E-state index in [4.69, 9.17) is 0 Å². The molecule has 2 aromatic heterocycles. The molecule has 0 saturated carbocycles. The van der Waals surface area contributed by atoms with Crippen LogP contribution >= 0.6 is 11.3 Å². The summed E-state index contributed by atoms with van der Waals surface area (Å²) in [6.07, 6.45) is 1.06. The number of carbonyl (C=O) groups excluding carboxylic acids is 2. The number of alkyl halides is 2. The van der Waals surface area contributed by atoms with E-state index in [9.17, 15) is 18.4 Å². The Kier molecular flexibility index (Phi) is 4.80. The summed E-state index contributed by atoms with van der Waals surface area (Å²) in [5.74, 6) is -3.68. The number of amides is 2. The zero-order valence-electron chi connectivity index (χ0n) is 13.5. The number of carbonyl (C=O) groups is 2. The highest BCUT2D eigenvalue weighted by atomic mass is 32.1. The van der Waals surface area contributed by atoms with Crippen molar-refractivity contribution in [2.75, 3.05) is 13.6 Å². The van der Waals surface area contributed by atoms with Crippen LogP contribution in [0.25, 0.3) is 0 Å². The number of hydrogen-bond acceptors (Lipinski definition) is 5. The minimum atomic E-state index is -2.93. The topological polar surface area (TPSA) is 80.1 Å². The Morgan fingerprint density at radius 2 is 2.28 bits per heavy atom. The molecule has 1 N–H and O–H groups in total. The van der Waals surface area contributed by atoms with Crippen LogP contribution in [0.3, 0.4) is 0 Å². The second kappa shape index (κ2) is 6.87. The largest absolute Gasteiger partial charge is 0.354 e. The van der Waals surface area contributed by atoms with Crippen LogP contribution in [0.2, 0.25) is 0 Å². The van der Waals surface area contributed by atoms with Crippen molar-refractivity contribution in [3.63, 3.8) is 0 Å². The van der Waals surface area contributed by atoms with E-state index in [-0.39, 0.29) is 24.6 Å². The van der Waals surface area contributed by atoms with Gasteiger partial charge in [-0.05, 0) is 11.4 Å². The number of hydrogen-bond donors (Lipinski definition) is 1. The van der Waals surface area contributed by atoms with E-state index in [1.54, 1.807) is 6.07 Å². The molecule has 10 heteroatoms. The molecule has 2 amide bonds. The van der Waals surface area contributed by atoms with E-state index in [1.165, 1.54) is 34.2 Å². The van der Waals surface area contributed by atoms with Crippen molar-refractivity contribution >= 4 is 23.2 Å². The number of likely N-dealkylation sites (tertiary alicyclic amines) is 1. The van der Waals surface area contributed by atoms with E-state index >= 15 is 0 Å². The van der Waals surface area contributed by atoms with E-state index in [1.807, 2.05) is 11.4 Å². The molecule has 1 atom stereocenters. The van der Waals surface area contributed by atoms with Crippen molar-refractivity contribution in [2.45, 2.75) is 31.4 Å². The van der Waals surface area contributed by atoms with Crippen LogP contribution in [0.5, 0.6) is 0 Å². The maximum atomic E-state index is 13.9. The van der Waals surface area contributed by atoms with Gasteiger partial charge in [0.1, 0.15) is 0 Å². The molecule has 7 nitrogen and oxygen atoms in total. The van der Waals surface area contributed by atoms with Gasteiger partial charge in [0.25, 0.3) is 11.8 Å². The average molecular weight is 369 g/mol. The fraction of sp³-hybridized carbons (Fsp3) is 0.467. The molecule has 1 saturated heterocycles. The second-order valence-corrected chi connectivity index (χ2v) is 6.93. The monoisotopic (exact) mass is 369 g/mol. The predicted octanol–water partition coefficient (Wildman–Crippen LogP) is 1.18. The van der Waals surface area contributed by atoms with Crippen molar-refractivity contribution in [1.82, 2.24) is 25.2 Å². The standard InChI is InChI=1S/C15H17F2N5O2S/c1-18-14(24)12-8-21(20-19-12)7-10-6-15(16,17)9-22(10)13(23)5-11-3-2-4-25-11/h2-4,8,10H,5-7,9H2,1H3,(H,18,24)/t10-/m0/s1. The van der Waals surface area contributed by atoms with E-state index in [0.717, 1.165) is 4.88 Å². The number of nitrogens with one attached hydrogen (secondary N) is 1. The lowest BCUT2D eigenvalue weighted by Gasteiger charge is -2.23. The summed E-state index contributed by atoms with van der Waals surface area (Å²) in [5, 5.41) is 11.8. The molecule has 0 spiro atoms. The summed E-state index contributed by atoms with van der Waals surface area (Å²) >= 11 is 1.42. The summed E-state index contributed by atoms with van der Waals surface area (Å²) in [7, 11) is 1.46. The molecule has 3 rings (SSSR count). The van der Waals surface area contributed by atoms with Gasteiger partial charge >= 0.3 is 0 Å². The van der Waals surface area contributed by atoms with Crippen LogP contribution in [0.15, 0.2) is 23.7 Å². The molecule has 25 heavy (non-hydrogen) atoms. The van der Waals surface area contributed by atoms with Gasteiger partial charge in [-0.2, -0.15) is 0 Å². The number of nitrogens with zero attached hydrogens (tertiary/aromatic N) is 4. The van der Waals surface area contributed by atoms with Crippen LogP contribution < -0.4 is 5.32 Å². The SMILES string of the molecule is CNC(=O)c1cn(C[C@@H]2CC(F)(F)CN2C(=O)Cc2cccs2)nn1. The molecule has 0 bridgehead atoms. The molecule has 0 aliphatic carbocycles. The molecule has 134 valence electrons. The van der Waals surface area contributed by atoms with Crippen molar-refractivity contribution in [2.24, 2.45) is 0 Å². The first kappa shape index (κ1) is 17.5. The quantitative estimate of drug-likeness (QED) is 0.858. The molecular weight excluding hydrogens is 352 g/mol. The van der Waals surface area contributed by atoms with Crippen molar-refractivity contribution in [1.29, 1.82) is 0 Å². The van der Waals surface area contributed by atoms with Crippen LogP contribution in [-0.2, 0) is 17.8 Å². The Hall–Kier alpha value is -2.36. The minimum absolute atomic E-state index is 0.0652. The van der Waals surface area contributed by atoms with Crippen molar-refractivity contribution in [3.05, 3.63) is 34.3 Å². The first-order valence-corrected chi connectivity index (χ1v) is 8.58. The summed E-state index contributed by atoms with van der Waals surface area (Å²) in [6.45, 7) is -0.533. The molecule has 1 aliphatic heterocycles. The third kappa shape index (κ3) is 4.01. The highest BCUT2D eigenvalue weighted by molar-refractivity contribution is 7.10. The highest BCUT2D eigenvalue weighted by Crippen LogP contribution is 2.33. The maximum Gasteiger partial charge on any atom is 0.273 e. The van der Waals surface area contributed by atoms with Crippen LogP contribution in [0, 0.1) is 0 Å². The zero-order chi connectivity index (χ0) is 18.0.